The molecule has 3 aromatic rings. The van der Waals surface area contributed by atoms with Gasteiger partial charge in [-0.1, -0.05) is 41.9 Å². The second-order valence-electron chi connectivity index (χ2n) is 8.00. The molecule has 4 N–H and O–H groups in total. The summed E-state index contributed by atoms with van der Waals surface area (Å²) in [6, 6.07) is 8.79. The maximum atomic E-state index is 12.8. The molecule has 0 spiro atoms. The highest BCUT2D eigenvalue weighted by Crippen LogP contribution is 2.23. The van der Waals surface area contributed by atoms with E-state index < -0.39 is 29.2 Å². The van der Waals surface area contributed by atoms with Crippen LogP contribution >= 0.6 is 11.6 Å². The second kappa shape index (κ2) is 10.1. The van der Waals surface area contributed by atoms with Crippen LogP contribution < -0.4 is 22.3 Å². The molecule has 0 aliphatic rings. The molecule has 10 heteroatoms. The van der Waals surface area contributed by atoms with Crippen LogP contribution in [0.15, 0.2) is 52.2 Å². The average molecular weight is 485 g/mol. The molecule has 1 unspecified atom stereocenters. The van der Waals surface area contributed by atoms with Crippen molar-refractivity contribution in [2.75, 3.05) is 0 Å². The van der Waals surface area contributed by atoms with Gasteiger partial charge in [-0.3, -0.25) is 14.2 Å². The smallest absolute Gasteiger partial charge is 0.330 e. The number of benzene rings is 2. The van der Waals surface area contributed by atoms with Gasteiger partial charge in [0.15, 0.2) is 0 Å². The third-order valence-electron chi connectivity index (χ3n) is 5.62. The minimum Gasteiger partial charge on any atom is -0.480 e. The zero-order valence-corrected chi connectivity index (χ0v) is 19.7. The van der Waals surface area contributed by atoms with Crippen LogP contribution in [-0.2, 0) is 31.9 Å². The number of carbonyl (C=O) groups excluding carboxylic acids is 1. The first-order valence-corrected chi connectivity index (χ1v) is 10.8. The summed E-state index contributed by atoms with van der Waals surface area (Å²) < 4.78 is 2.35. The van der Waals surface area contributed by atoms with E-state index >= 15 is 0 Å². The van der Waals surface area contributed by atoms with Gasteiger partial charge in [-0.2, -0.15) is 0 Å². The van der Waals surface area contributed by atoms with Gasteiger partial charge in [-0.15, -0.1) is 0 Å². The van der Waals surface area contributed by atoms with Crippen molar-refractivity contribution in [2.45, 2.75) is 25.9 Å². The number of hydrogen-bond acceptors (Lipinski definition) is 5. The Labute approximate surface area is 200 Å². The summed E-state index contributed by atoms with van der Waals surface area (Å²) in [7, 11) is 2.97. The van der Waals surface area contributed by atoms with Gasteiger partial charge in [0.25, 0.3) is 11.5 Å². The third-order valence-corrected chi connectivity index (χ3v) is 5.93. The van der Waals surface area contributed by atoms with Crippen LogP contribution in [0.5, 0.6) is 0 Å². The number of nitrogens with one attached hydrogen (secondary N) is 1. The highest BCUT2D eigenvalue weighted by Gasteiger charge is 2.24. The molecule has 2 aromatic carbocycles. The molecule has 178 valence electrons. The Bertz CT molecular complexity index is 1390. The molecular formula is C24H25ClN4O5. The molecule has 9 nitrogen and oxygen atoms in total. The molecule has 0 aliphatic heterocycles. The van der Waals surface area contributed by atoms with Gasteiger partial charge in [-0.05, 0) is 35.2 Å². The van der Waals surface area contributed by atoms with Crippen molar-refractivity contribution in [3.05, 3.63) is 90.7 Å². The lowest BCUT2D eigenvalue weighted by molar-refractivity contribution is -0.139. The molecule has 0 saturated carbocycles. The Balaban J connectivity index is 1.89. The Morgan fingerprint density at radius 1 is 1.15 bits per heavy atom. The second-order valence-corrected chi connectivity index (χ2v) is 8.40. The molecule has 0 radical (unpaired) electrons. The minimum atomic E-state index is -1.22. The van der Waals surface area contributed by atoms with Crippen molar-refractivity contribution in [3.8, 4) is 11.1 Å². The summed E-state index contributed by atoms with van der Waals surface area (Å²) in [6.45, 7) is 1.86. The number of amides is 1. The number of carboxylic acids is 1. The fourth-order valence-electron chi connectivity index (χ4n) is 3.81. The summed E-state index contributed by atoms with van der Waals surface area (Å²) in [5, 5.41) is 12.4. The van der Waals surface area contributed by atoms with Gasteiger partial charge in [0.1, 0.15) is 6.04 Å². The van der Waals surface area contributed by atoms with E-state index in [-0.39, 0.29) is 23.6 Å². The molecule has 3 rings (SSSR count). The third kappa shape index (κ3) is 4.95. The van der Waals surface area contributed by atoms with E-state index in [1.807, 2.05) is 0 Å². The standard InChI is InChI=1S/C24H25ClN4O5/c1-13-9-14(7-8-16(13)17-12-28(2)24(34)29(3)22(17)31)10-19(23(32)33)27-21(30)20-15(11-26)5-4-6-18(20)25/h4-9,12,19H,10-11,26H2,1-3H3,(H,27,30)(H,32,33). The summed E-state index contributed by atoms with van der Waals surface area (Å²) in [5.74, 6) is -1.83. The van der Waals surface area contributed by atoms with E-state index in [1.165, 1.54) is 23.9 Å². The number of hydrogen-bond donors (Lipinski definition) is 3. The fraction of sp³-hybridized carbons (Fsp3) is 0.250. The predicted octanol–water partition coefficient (Wildman–Crippen LogP) is 1.60. The van der Waals surface area contributed by atoms with Crippen LogP contribution in [0.4, 0.5) is 0 Å². The zero-order valence-electron chi connectivity index (χ0n) is 19.0. The van der Waals surface area contributed by atoms with Gasteiger partial charge >= 0.3 is 11.7 Å². The topological polar surface area (TPSA) is 136 Å². The number of nitrogens with zero attached hydrogens (tertiary/aromatic N) is 2. The van der Waals surface area contributed by atoms with E-state index in [0.29, 0.717) is 22.3 Å². The van der Waals surface area contributed by atoms with Gasteiger partial charge in [-0.25, -0.2) is 9.59 Å². The number of nitrogens with two attached hydrogens (primary N) is 1. The number of carboxylic acid groups (broad SMARTS) is 1. The van der Waals surface area contributed by atoms with E-state index in [4.69, 9.17) is 17.3 Å². The maximum absolute atomic E-state index is 12.8. The lowest BCUT2D eigenvalue weighted by atomic mass is 9.97. The SMILES string of the molecule is Cc1cc(CC(NC(=O)c2c(Cl)cccc2CN)C(=O)O)ccc1-c1cn(C)c(=O)n(C)c1=O. The quantitative estimate of drug-likeness (QED) is 0.466. The van der Waals surface area contributed by atoms with E-state index in [1.54, 1.807) is 44.3 Å². The predicted molar refractivity (Wildman–Crippen MR) is 129 cm³/mol. The molecule has 1 atom stereocenters. The van der Waals surface area contributed by atoms with Crippen molar-refractivity contribution in [2.24, 2.45) is 19.8 Å². The number of halogens is 1. The normalized spacial score (nSPS) is 11.8. The van der Waals surface area contributed by atoms with E-state index in [0.717, 1.165) is 10.1 Å². The molecule has 1 aromatic heterocycles. The van der Waals surface area contributed by atoms with Crippen molar-refractivity contribution < 1.29 is 14.7 Å². The number of aryl methyl sites for hydroxylation is 2. The fourth-order valence-corrected chi connectivity index (χ4v) is 4.09. The van der Waals surface area contributed by atoms with Gasteiger partial charge < -0.3 is 20.7 Å². The van der Waals surface area contributed by atoms with Crippen LogP contribution in [0.1, 0.15) is 27.0 Å². The summed E-state index contributed by atoms with van der Waals surface area (Å²) in [5.41, 5.74) is 7.83. The first kappa shape index (κ1) is 24.9. The summed E-state index contributed by atoms with van der Waals surface area (Å²) >= 11 is 6.16. The van der Waals surface area contributed by atoms with Gasteiger partial charge in [0.2, 0.25) is 0 Å². The Hall–Kier alpha value is -3.69. The highest BCUT2D eigenvalue weighted by atomic mass is 35.5. The van der Waals surface area contributed by atoms with Crippen molar-refractivity contribution in [1.29, 1.82) is 0 Å². The van der Waals surface area contributed by atoms with Crippen LogP contribution in [0.25, 0.3) is 11.1 Å². The Kier molecular flexibility index (Phi) is 7.38. The molecule has 0 bridgehead atoms. The van der Waals surface area contributed by atoms with Crippen molar-refractivity contribution in [1.82, 2.24) is 14.5 Å². The lowest BCUT2D eigenvalue weighted by Crippen LogP contribution is -2.42. The maximum Gasteiger partial charge on any atom is 0.330 e. The number of aromatic nitrogens is 2. The summed E-state index contributed by atoms with van der Waals surface area (Å²) in [6.07, 6.45) is 1.49. The number of rotatable bonds is 7. The van der Waals surface area contributed by atoms with Crippen LogP contribution in [-0.4, -0.2) is 32.2 Å². The number of aliphatic carboxylic acids is 1. The van der Waals surface area contributed by atoms with Crippen LogP contribution in [0.2, 0.25) is 5.02 Å². The molecule has 0 fully saturated rings. The Morgan fingerprint density at radius 2 is 1.85 bits per heavy atom. The molecule has 34 heavy (non-hydrogen) atoms. The van der Waals surface area contributed by atoms with Gasteiger partial charge in [0.05, 0.1) is 16.1 Å². The first-order valence-electron chi connectivity index (χ1n) is 10.4. The molecular weight excluding hydrogens is 460 g/mol. The van der Waals surface area contributed by atoms with E-state index in [9.17, 15) is 24.3 Å². The monoisotopic (exact) mass is 484 g/mol. The minimum absolute atomic E-state index is 0.00981. The molecule has 0 aliphatic carbocycles. The lowest BCUT2D eigenvalue weighted by Gasteiger charge is -2.18. The zero-order chi connectivity index (χ0) is 25.2. The van der Waals surface area contributed by atoms with Crippen LogP contribution in [0, 0.1) is 6.92 Å². The average Bonchev–Trinajstić information content (AvgIpc) is 2.79. The van der Waals surface area contributed by atoms with Crippen molar-refractivity contribution in [3.63, 3.8) is 0 Å². The number of carbonyl (C=O) groups is 2. The highest BCUT2D eigenvalue weighted by molar-refractivity contribution is 6.34. The molecule has 1 amide bonds. The van der Waals surface area contributed by atoms with Crippen LogP contribution in [0.3, 0.4) is 0 Å². The summed E-state index contributed by atoms with van der Waals surface area (Å²) in [4.78, 5) is 49.2. The van der Waals surface area contributed by atoms with Gasteiger partial charge in [0, 0.05) is 33.3 Å². The van der Waals surface area contributed by atoms with E-state index in [2.05, 4.69) is 5.32 Å². The molecule has 0 saturated heterocycles. The first-order chi connectivity index (χ1) is 16.0. The van der Waals surface area contributed by atoms with Crippen molar-refractivity contribution >= 4 is 23.5 Å². The largest absolute Gasteiger partial charge is 0.480 e. The molecule has 1 heterocycles. The Morgan fingerprint density at radius 3 is 2.47 bits per heavy atom.